The fraction of sp³-hybridized carbons (Fsp3) is 0.926. The van der Waals surface area contributed by atoms with E-state index in [0.29, 0.717) is 23.3 Å². The average Bonchev–Trinajstić information content (AvgIpc) is 3.09. The lowest BCUT2D eigenvalue weighted by Crippen LogP contribution is -2.67. The lowest BCUT2D eigenvalue weighted by molar-refractivity contribution is -0.175. The van der Waals surface area contributed by atoms with Crippen molar-refractivity contribution in [2.24, 2.45) is 46.8 Å². The van der Waals surface area contributed by atoms with Gasteiger partial charge in [-0.1, -0.05) is 25.5 Å². The molecule has 5 fully saturated rings. The van der Waals surface area contributed by atoms with Gasteiger partial charge in [0, 0.05) is 19.1 Å². The molecule has 0 amide bonds. The molecular formula is C27H43NO2. The molecule has 4 aliphatic carbocycles. The van der Waals surface area contributed by atoms with Gasteiger partial charge in [0.05, 0.1) is 11.7 Å². The molecule has 3 heteroatoms. The Labute approximate surface area is 183 Å². The third kappa shape index (κ3) is 2.73. The van der Waals surface area contributed by atoms with E-state index in [4.69, 9.17) is 0 Å². The molecular weight excluding hydrogens is 370 g/mol. The minimum Gasteiger partial charge on any atom is -0.393 e. The van der Waals surface area contributed by atoms with Crippen LogP contribution in [-0.4, -0.2) is 45.9 Å². The summed E-state index contributed by atoms with van der Waals surface area (Å²) in [6.45, 7) is 9.57. The van der Waals surface area contributed by atoms with Crippen LogP contribution < -0.4 is 0 Å². The summed E-state index contributed by atoms with van der Waals surface area (Å²) in [6, 6.07) is 0.390. The van der Waals surface area contributed by atoms with E-state index >= 15 is 0 Å². The van der Waals surface area contributed by atoms with E-state index in [1.165, 1.54) is 58.0 Å². The van der Waals surface area contributed by atoms with Crippen molar-refractivity contribution in [3.05, 3.63) is 11.6 Å². The Morgan fingerprint density at radius 1 is 0.933 bits per heavy atom. The van der Waals surface area contributed by atoms with Crippen molar-refractivity contribution >= 4 is 0 Å². The molecule has 0 aromatic heterocycles. The fourth-order valence-electron chi connectivity index (χ4n) is 9.98. The average molecular weight is 414 g/mol. The second-order valence-corrected chi connectivity index (χ2v) is 12.8. The minimum atomic E-state index is -0.510. The number of allylic oxidation sites excluding steroid dienone is 1. The minimum absolute atomic E-state index is 0.111. The lowest BCUT2D eigenvalue weighted by Gasteiger charge is -2.59. The van der Waals surface area contributed by atoms with E-state index in [2.05, 4.69) is 31.7 Å². The normalized spacial score (nSPS) is 58.0. The second-order valence-electron chi connectivity index (χ2n) is 12.8. The number of nitrogens with zero attached hydrogens (tertiary/aromatic N) is 1. The van der Waals surface area contributed by atoms with Crippen LogP contribution in [0.1, 0.15) is 78.6 Å². The van der Waals surface area contributed by atoms with Gasteiger partial charge in [-0.2, -0.15) is 0 Å². The first-order valence-electron chi connectivity index (χ1n) is 13.1. The molecule has 0 bridgehead atoms. The summed E-state index contributed by atoms with van der Waals surface area (Å²) < 4.78 is 0. The molecule has 3 saturated carbocycles. The summed E-state index contributed by atoms with van der Waals surface area (Å²) in [5, 5.41) is 22.1. The molecule has 11 atom stereocenters. The van der Waals surface area contributed by atoms with Gasteiger partial charge in [0.15, 0.2) is 0 Å². The molecule has 0 aromatic rings. The molecule has 0 aromatic carbocycles. The third-order valence-electron chi connectivity index (χ3n) is 11.5. The SMILES string of the molecule is CC1CCC2N(C1)CC1C3CC4C(CC=C5CC(O)CCC54C)C3CCC1C2(C)O. The van der Waals surface area contributed by atoms with Crippen LogP contribution in [0.4, 0.5) is 0 Å². The van der Waals surface area contributed by atoms with Gasteiger partial charge < -0.3 is 10.2 Å². The van der Waals surface area contributed by atoms with E-state index < -0.39 is 5.60 Å². The van der Waals surface area contributed by atoms with Crippen LogP contribution in [0, 0.1) is 46.8 Å². The van der Waals surface area contributed by atoms with E-state index in [1.807, 2.05) is 0 Å². The van der Waals surface area contributed by atoms with Gasteiger partial charge >= 0.3 is 0 Å². The van der Waals surface area contributed by atoms with Crippen molar-refractivity contribution in [2.75, 3.05) is 13.1 Å². The first-order chi connectivity index (χ1) is 14.3. The summed E-state index contributed by atoms with van der Waals surface area (Å²) in [5.74, 6) is 5.30. The highest BCUT2D eigenvalue weighted by Gasteiger charge is 2.62. The van der Waals surface area contributed by atoms with Gasteiger partial charge in [-0.05, 0) is 112 Å². The molecule has 2 saturated heterocycles. The van der Waals surface area contributed by atoms with Crippen molar-refractivity contribution in [1.29, 1.82) is 0 Å². The van der Waals surface area contributed by atoms with Crippen LogP contribution in [0.15, 0.2) is 11.6 Å². The van der Waals surface area contributed by atoms with Crippen molar-refractivity contribution in [1.82, 2.24) is 4.90 Å². The Morgan fingerprint density at radius 3 is 2.60 bits per heavy atom. The molecule has 2 N–H and O–H groups in total. The van der Waals surface area contributed by atoms with Gasteiger partial charge in [-0.25, -0.2) is 0 Å². The smallest absolute Gasteiger partial charge is 0.0805 e. The Hall–Kier alpha value is -0.380. The number of hydrogen-bond donors (Lipinski definition) is 2. The zero-order chi connectivity index (χ0) is 20.8. The van der Waals surface area contributed by atoms with Crippen LogP contribution in [0.3, 0.4) is 0 Å². The fourth-order valence-corrected chi connectivity index (χ4v) is 9.98. The highest BCUT2D eigenvalue weighted by Crippen LogP contribution is 2.66. The van der Waals surface area contributed by atoms with Crippen molar-refractivity contribution < 1.29 is 10.2 Å². The molecule has 6 aliphatic rings. The number of piperidine rings is 2. The van der Waals surface area contributed by atoms with Crippen LogP contribution in [0.25, 0.3) is 0 Å². The Bertz CT molecular complexity index is 730. The molecule has 30 heavy (non-hydrogen) atoms. The molecule has 2 heterocycles. The van der Waals surface area contributed by atoms with Crippen LogP contribution in [-0.2, 0) is 0 Å². The summed E-state index contributed by atoms with van der Waals surface area (Å²) in [7, 11) is 0. The Balaban J connectivity index is 1.30. The molecule has 6 rings (SSSR count). The van der Waals surface area contributed by atoms with Crippen molar-refractivity contribution in [3.63, 3.8) is 0 Å². The summed E-state index contributed by atoms with van der Waals surface area (Å²) in [5.41, 5.74) is 1.40. The number of aliphatic hydroxyl groups excluding tert-OH is 1. The Morgan fingerprint density at radius 2 is 1.77 bits per heavy atom. The van der Waals surface area contributed by atoms with Crippen LogP contribution in [0.2, 0.25) is 0 Å². The number of aliphatic hydroxyl groups is 2. The molecule has 3 nitrogen and oxygen atoms in total. The number of hydrogen-bond acceptors (Lipinski definition) is 3. The van der Waals surface area contributed by atoms with Crippen molar-refractivity contribution in [3.8, 4) is 0 Å². The third-order valence-corrected chi connectivity index (χ3v) is 11.5. The monoisotopic (exact) mass is 413 g/mol. The highest BCUT2D eigenvalue weighted by atomic mass is 16.3. The molecule has 168 valence electrons. The van der Waals surface area contributed by atoms with Crippen LogP contribution >= 0.6 is 0 Å². The summed E-state index contributed by atoms with van der Waals surface area (Å²) >= 11 is 0. The summed E-state index contributed by atoms with van der Waals surface area (Å²) in [6.07, 6.45) is 13.2. The van der Waals surface area contributed by atoms with Gasteiger partial charge in [-0.3, -0.25) is 4.90 Å². The predicted molar refractivity (Wildman–Crippen MR) is 120 cm³/mol. The Kier molecular flexibility index (Phi) is 4.60. The highest BCUT2D eigenvalue weighted by molar-refractivity contribution is 5.26. The maximum Gasteiger partial charge on any atom is 0.0805 e. The number of rotatable bonds is 0. The maximum absolute atomic E-state index is 11.8. The first kappa shape index (κ1) is 20.2. The predicted octanol–water partition coefficient (Wildman–Crippen LogP) is 4.63. The van der Waals surface area contributed by atoms with E-state index in [1.54, 1.807) is 5.57 Å². The van der Waals surface area contributed by atoms with Crippen molar-refractivity contribution in [2.45, 2.75) is 96.3 Å². The zero-order valence-corrected chi connectivity index (χ0v) is 19.4. The van der Waals surface area contributed by atoms with Gasteiger partial charge in [0.25, 0.3) is 0 Å². The largest absolute Gasteiger partial charge is 0.393 e. The summed E-state index contributed by atoms with van der Waals surface area (Å²) in [4.78, 5) is 2.71. The van der Waals surface area contributed by atoms with E-state index in [0.717, 1.165) is 42.4 Å². The number of fused-ring (bicyclic) bond motifs is 8. The zero-order valence-electron chi connectivity index (χ0n) is 19.4. The lowest BCUT2D eigenvalue weighted by atomic mass is 9.56. The molecule has 0 radical (unpaired) electrons. The first-order valence-corrected chi connectivity index (χ1v) is 13.1. The van der Waals surface area contributed by atoms with Gasteiger partial charge in [-0.15, -0.1) is 0 Å². The van der Waals surface area contributed by atoms with Crippen LogP contribution in [0.5, 0.6) is 0 Å². The molecule has 0 spiro atoms. The van der Waals surface area contributed by atoms with Gasteiger partial charge in [0.1, 0.15) is 0 Å². The molecule has 2 aliphatic heterocycles. The van der Waals surface area contributed by atoms with E-state index in [-0.39, 0.29) is 6.10 Å². The standard InChI is InChI=1S/C27H43NO2/c1-16-4-9-25-27(3,30)23-8-7-19-20-6-5-17-12-18(29)10-11-26(17,2)24(20)13-21(19)22(23)15-28(25)14-16/h5,16,18-25,29-30H,4,6-15H2,1-3H3. The maximum atomic E-state index is 11.8. The quantitative estimate of drug-likeness (QED) is 0.569. The van der Waals surface area contributed by atoms with Gasteiger partial charge in [0.2, 0.25) is 0 Å². The van der Waals surface area contributed by atoms with E-state index in [9.17, 15) is 10.2 Å². The topological polar surface area (TPSA) is 43.7 Å². The molecule has 11 unspecified atom stereocenters. The second kappa shape index (κ2) is 6.81.